The second-order valence-corrected chi connectivity index (χ2v) is 8.66. The van der Waals surface area contributed by atoms with Crippen LogP contribution >= 0.6 is 23.2 Å². The molecule has 3 aromatic rings. The summed E-state index contributed by atoms with van der Waals surface area (Å²) >= 11 is 12.0. The van der Waals surface area contributed by atoms with Crippen molar-refractivity contribution in [2.75, 3.05) is 5.43 Å². The molecule has 0 fully saturated rings. The summed E-state index contributed by atoms with van der Waals surface area (Å²) in [5, 5.41) is -1.37. The van der Waals surface area contributed by atoms with Crippen LogP contribution in [-0.2, 0) is 9.84 Å². The smallest absolute Gasteiger partial charge is 0.189 e. The molecule has 5 nitrogen and oxygen atoms in total. The Morgan fingerprint density at radius 2 is 1.68 bits per heavy atom. The third kappa shape index (κ3) is 3.95. The maximum absolute atomic E-state index is 14.6. The van der Waals surface area contributed by atoms with Crippen molar-refractivity contribution in [2.45, 2.75) is 10.1 Å². The Hall–Kier alpha value is -2.26. The summed E-state index contributed by atoms with van der Waals surface area (Å²) in [6.45, 7) is 0. The Morgan fingerprint density at radius 3 is 2.32 bits per heavy atom. The molecule has 0 spiro atoms. The van der Waals surface area contributed by atoms with E-state index in [1.165, 1.54) is 36.5 Å². The van der Waals surface area contributed by atoms with Crippen LogP contribution < -0.4 is 11.3 Å². The maximum atomic E-state index is 14.6. The fourth-order valence-electron chi connectivity index (χ4n) is 2.71. The Labute approximate surface area is 170 Å². The van der Waals surface area contributed by atoms with Gasteiger partial charge in [0.05, 0.1) is 9.92 Å². The first-order valence-electron chi connectivity index (χ1n) is 7.80. The molecule has 0 saturated carbocycles. The lowest BCUT2D eigenvalue weighted by Gasteiger charge is -2.21. The Morgan fingerprint density at radius 1 is 1.00 bits per heavy atom. The van der Waals surface area contributed by atoms with Crippen molar-refractivity contribution in [3.63, 3.8) is 0 Å². The number of nitrogens with zero attached hydrogens (tertiary/aromatic N) is 1. The van der Waals surface area contributed by atoms with Gasteiger partial charge >= 0.3 is 0 Å². The lowest BCUT2D eigenvalue weighted by Crippen LogP contribution is -2.18. The fourth-order valence-corrected chi connectivity index (χ4v) is 4.95. The lowest BCUT2D eigenvalue weighted by atomic mass is 10.0. The molecule has 0 aliphatic heterocycles. The van der Waals surface area contributed by atoms with Gasteiger partial charge in [0.25, 0.3) is 0 Å². The first kappa shape index (κ1) is 20.5. The molecule has 0 aliphatic carbocycles. The molecule has 1 aromatic heterocycles. The number of benzene rings is 2. The van der Waals surface area contributed by atoms with Crippen LogP contribution in [0.25, 0.3) is 0 Å². The fraction of sp³-hybridized carbons (Fsp3) is 0.0556. The van der Waals surface area contributed by atoms with Crippen molar-refractivity contribution >= 4 is 38.9 Å². The van der Waals surface area contributed by atoms with E-state index >= 15 is 0 Å². The van der Waals surface area contributed by atoms with E-state index in [4.69, 9.17) is 29.0 Å². The maximum Gasteiger partial charge on any atom is 0.189 e. The first-order chi connectivity index (χ1) is 13.2. The number of pyridine rings is 1. The Bertz CT molecular complexity index is 1130. The molecule has 0 amide bonds. The third-order valence-electron chi connectivity index (χ3n) is 4.01. The quantitative estimate of drug-likeness (QED) is 0.447. The normalized spacial score (nSPS) is 12.6. The van der Waals surface area contributed by atoms with Crippen molar-refractivity contribution in [2.24, 2.45) is 5.84 Å². The lowest BCUT2D eigenvalue weighted by molar-refractivity contribution is 0.569. The number of rotatable bonds is 5. The molecule has 1 unspecified atom stereocenters. The summed E-state index contributed by atoms with van der Waals surface area (Å²) in [6, 6.07) is 9.16. The molecule has 1 atom stereocenters. The minimum absolute atomic E-state index is 0.0101. The molecule has 0 saturated heterocycles. The van der Waals surface area contributed by atoms with E-state index in [9.17, 15) is 17.2 Å². The van der Waals surface area contributed by atoms with Gasteiger partial charge in [-0.2, -0.15) is 0 Å². The number of hydrogen-bond acceptors (Lipinski definition) is 5. The molecule has 3 N–H and O–H groups in total. The molecular formula is C18H13Cl2F2N3O2S. The van der Waals surface area contributed by atoms with Crippen LogP contribution in [0.15, 0.2) is 59.6 Å². The average Bonchev–Trinajstić information content (AvgIpc) is 2.66. The van der Waals surface area contributed by atoms with Gasteiger partial charge < -0.3 is 5.43 Å². The number of nitrogen functional groups attached to an aromatic ring is 1. The van der Waals surface area contributed by atoms with Crippen molar-refractivity contribution in [1.29, 1.82) is 0 Å². The van der Waals surface area contributed by atoms with Gasteiger partial charge in [-0.1, -0.05) is 23.2 Å². The van der Waals surface area contributed by atoms with Gasteiger partial charge in [0, 0.05) is 16.8 Å². The predicted octanol–water partition coefficient (Wildman–Crippen LogP) is 4.52. The summed E-state index contributed by atoms with van der Waals surface area (Å²) in [5.74, 6) is 3.75. The van der Waals surface area contributed by atoms with Crippen molar-refractivity contribution in [3.8, 4) is 0 Å². The number of hydrazine groups is 1. The highest BCUT2D eigenvalue weighted by Gasteiger charge is 2.35. The van der Waals surface area contributed by atoms with Crippen LogP contribution in [0.4, 0.5) is 14.6 Å². The van der Waals surface area contributed by atoms with E-state index in [1.54, 1.807) is 0 Å². The highest BCUT2D eigenvalue weighted by atomic mass is 35.5. The molecule has 10 heteroatoms. The second-order valence-electron chi connectivity index (χ2n) is 5.78. The van der Waals surface area contributed by atoms with Crippen LogP contribution in [0.5, 0.6) is 0 Å². The summed E-state index contributed by atoms with van der Waals surface area (Å²) < 4.78 is 55.2. The summed E-state index contributed by atoms with van der Waals surface area (Å²) in [4.78, 5) is 3.75. The Balaban J connectivity index is 2.32. The van der Waals surface area contributed by atoms with E-state index in [1.807, 2.05) is 0 Å². The highest BCUT2D eigenvalue weighted by Crippen LogP contribution is 2.40. The number of hydrogen-bond donors (Lipinski definition) is 2. The molecule has 2 aromatic carbocycles. The van der Waals surface area contributed by atoms with Crippen LogP contribution in [0.1, 0.15) is 16.4 Å². The van der Waals surface area contributed by atoms with Crippen molar-refractivity contribution in [3.05, 3.63) is 87.5 Å². The zero-order valence-electron chi connectivity index (χ0n) is 14.0. The number of anilines is 1. The van der Waals surface area contributed by atoms with E-state index < -0.39 is 32.3 Å². The second kappa shape index (κ2) is 8.00. The van der Waals surface area contributed by atoms with Gasteiger partial charge in [-0.3, -0.25) is 0 Å². The highest BCUT2D eigenvalue weighted by molar-refractivity contribution is 7.92. The molecule has 0 aliphatic rings. The van der Waals surface area contributed by atoms with Gasteiger partial charge in [-0.05, 0) is 54.1 Å². The number of halogens is 4. The van der Waals surface area contributed by atoms with E-state index in [-0.39, 0.29) is 21.3 Å². The van der Waals surface area contributed by atoms with Crippen LogP contribution in [0.3, 0.4) is 0 Å². The van der Waals surface area contributed by atoms with E-state index in [0.717, 1.165) is 18.2 Å². The van der Waals surface area contributed by atoms with E-state index in [0.29, 0.717) is 5.02 Å². The standard InChI is InChI=1S/C18H13Cl2F2N3O2S/c19-10-1-4-12(5-2-10)28(26,27)18(14-7-11(21)3-6-16(14)22)13-8-17(25-23)24-9-15(13)20/h1-9,18H,23H2,(H,24,25). The number of sulfone groups is 1. The van der Waals surface area contributed by atoms with Crippen molar-refractivity contribution < 1.29 is 17.2 Å². The zero-order valence-corrected chi connectivity index (χ0v) is 16.4. The zero-order chi connectivity index (χ0) is 20.5. The third-order valence-corrected chi connectivity index (χ3v) is 6.63. The van der Waals surface area contributed by atoms with Crippen LogP contribution in [0.2, 0.25) is 10.0 Å². The molecule has 3 rings (SSSR count). The predicted molar refractivity (Wildman–Crippen MR) is 104 cm³/mol. The molecule has 28 heavy (non-hydrogen) atoms. The minimum atomic E-state index is -4.26. The first-order valence-corrected chi connectivity index (χ1v) is 10.1. The summed E-state index contributed by atoms with van der Waals surface area (Å²) in [5.41, 5.74) is 1.87. The number of nitrogens with one attached hydrogen (secondary N) is 1. The van der Waals surface area contributed by atoms with E-state index in [2.05, 4.69) is 10.4 Å². The minimum Gasteiger partial charge on any atom is -0.308 e. The van der Waals surface area contributed by atoms with Gasteiger partial charge in [0.1, 0.15) is 22.7 Å². The van der Waals surface area contributed by atoms with Gasteiger partial charge in [0.2, 0.25) is 0 Å². The van der Waals surface area contributed by atoms with Gasteiger partial charge in [-0.25, -0.2) is 28.0 Å². The van der Waals surface area contributed by atoms with Crippen molar-refractivity contribution in [1.82, 2.24) is 4.98 Å². The average molecular weight is 444 g/mol. The van der Waals surface area contributed by atoms with Crippen LogP contribution in [-0.4, -0.2) is 13.4 Å². The monoisotopic (exact) mass is 443 g/mol. The van der Waals surface area contributed by atoms with Gasteiger partial charge in [0.15, 0.2) is 9.84 Å². The summed E-state index contributed by atoms with van der Waals surface area (Å²) in [6.07, 6.45) is 1.17. The molecular weight excluding hydrogens is 431 g/mol. The SMILES string of the molecule is NNc1cc(C(c2cc(F)ccc2F)S(=O)(=O)c2ccc(Cl)cc2)c(Cl)cn1. The molecule has 0 radical (unpaired) electrons. The van der Waals surface area contributed by atoms with Crippen LogP contribution in [0, 0.1) is 11.6 Å². The van der Waals surface area contributed by atoms with Gasteiger partial charge in [-0.15, -0.1) is 0 Å². The number of aromatic nitrogens is 1. The largest absolute Gasteiger partial charge is 0.308 e. The molecule has 146 valence electrons. The molecule has 1 heterocycles. The summed E-state index contributed by atoms with van der Waals surface area (Å²) in [7, 11) is -4.26. The number of nitrogens with two attached hydrogens (primary N) is 1. The topological polar surface area (TPSA) is 85.1 Å². The molecule has 0 bridgehead atoms. The Kier molecular flexibility index (Phi) is 5.85.